The molecule has 6 nitrogen and oxygen atoms in total. The number of amides is 2. The van der Waals surface area contributed by atoms with Crippen LogP contribution in [0.4, 0.5) is 0 Å². The van der Waals surface area contributed by atoms with E-state index in [9.17, 15) is 9.59 Å². The molecule has 0 aliphatic heterocycles. The van der Waals surface area contributed by atoms with Crippen LogP contribution in [0.2, 0.25) is 0 Å². The van der Waals surface area contributed by atoms with Gasteiger partial charge in [0.25, 0.3) is 11.8 Å². The Morgan fingerprint density at radius 2 is 1.03 bits per heavy atom. The zero-order chi connectivity index (χ0) is 22.9. The first kappa shape index (κ1) is 23.5. The number of hydrogen-bond donors (Lipinski definition) is 2. The smallest absolute Gasteiger partial charge is 0.259 e. The molecule has 0 spiro atoms. The van der Waals surface area contributed by atoms with Crippen LogP contribution < -0.4 is 11.0 Å². The third-order valence-electron chi connectivity index (χ3n) is 7.24. The summed E-state index contributed by atoms with van der Waals surface area (Å²) in [5, 5.41) is 0. The van der Waals surface area contributed by atoms with Crippen LogP contribution >= 0.6 is 0 Å². The summed E-state index contributed by atoms with van der Waals surface area (Å²) < 4.78 is 0. The molecule has 2 N–H and O–H groups in total. The molecule has 0 atom stereocenters. The normalized spacial score (nSPS) is 17.2. The van der Waals surface area contributed by atoms with Crippen LogP contribution in [0.1, 0.15) is 62.5 Å². The maximum Gasteiger partial charge on any atom is 0.259 e. The fourth-order valence-electron chi connectivity index (χ4n) is 5.63. The van der Waals surface area contributed by atoms with E-state index in [1.165, 1.54) is 0 Å². The average molecular weight is 451 g/mol. The summed E-state index contributed by atoms with van der Waals surface area (Å²) in [6.45, 7) is 0.508. The van der Waals surface area contributed by atoms with Gasteiger partial charge in [0.1, 0.15) is 5.41 Å². The van der Waals surface area contributed by atoms with Crippen LogP contribution in [-0.4, -0.2) is 11.8 Å². The number of hydroxylamine groups is 2. The molecule has 33 heavy (non-hydrogen) atoms. The number of nitrogens with one attached hydrogen (secondary N) is 2. The van der Waals surface area contributed by atoms with Gasteiger partial charge in [-0.15, -0.1) is 0 Å². The molecule has 0 bridgehead atoms. The first-order chi connectivity index (χ1) is 16.2. The molecule has 0 aromatic heterocycles. The van der Waals surface area contributed by atoms with Crippen LogP contribution in [0.15, 0.2) is 60.7 Å². The number of carbonyl (C=O) groups excluding carboxylic acids is 2. The number of rotatable bonds is 10. The van der Waals surface area contributed by atoms with Crippen molar-refractivity contribution in [2.24, 2.45) is 17.3 Å². The van der Waals surface area contributed by atoms with E-state index >= 15 is 0 Å². The summed E-state index contributed by atoms with van der Waals surface area (Å²) in [6, 6.07) is 19.4. The Morgan fingerprint density at radius 1 is 0.667 bits per heavy atom. The van der Waals surface area contributed by atoms with Gasteiger partial charge in [0.05, 0.1) is 13.2 Å². The molecular weight excluding hydrogens is 416 g/mol. The van der Waals surface area contributed by atoms with E-state index in [0.717, 1.165) is 62.5 Å². The van der Waals surface area contributed by atoms with E-state index in [1.807, 2.05) is 60.7 Å². The van der Waals surface area contributed by atoms with Crippen LogP contribution in [0.5, 0.6) is 0 Å². The minimum absolute atomic E-state index is 0.0127. The molecule has 176 valence electrons. The molecular formula is C27H34N2O4. The molecule has 2 aromatic rings. The minimum atomic E-state index is -1.18. The van der Waals surface area contributed by atoms with E-state index < -0.39 is 5.41 Å². The molecule has 2 aliphatic rings. The van der Waals surface area contributed by atoms with E-state index in [-0.39, 0.29) is 36.9 Å². The molecule has 2 saturated carbocycles. The molecule has 4 rings (SSSR count). The molecule has 0 radical (unpaired) electrons. The van der Waals surface area contributed by atoms with Gasteiger partial charge in [0.2, 0.25) is 0 Å². The highest BCUT2D eigenvalue weighted by Gasteiger charge is 2.58. The Labute approximate surface area is 196 Å². The van der Waals surface area contributed by atoms with Crippen LogP contribution in [0.3, 0.4) is 0 Å². The topological polar surface area (TPSA) is 76.7 Å². The number of benzene rings is 2. The van der Waals surface area contributed by atoms with Crippen molar-refractivity contribution < 1.29 is 19.3 Å². The van der Waals surface area contributed by atoms with E-state index in [2.05, 4.69) is 11.0 Å². The molecule has 2 fully saturated rings. The maximum absolute atomic E-state index is 13.8. The van der Waals surface area contributed by atoms with Crippen molar-refractivity contribution in [2.45, 2.75) is 64.6 Å². The third-order valence-corrected chi connectivity index (χ3v) is 7.24. The predicted octanol–water partition coefficient (Wildman–Crippen LogP) is 4.85. The van der Waals surface area contributed by atoms with Gasteiger partial charge in [-0.05, 0) is 48.6 Å². The van der Waals surface area contributed by atoms with Crippen LogP contribution in [0, 0.1) is 17.3 Å². The molecule has 2 aromatic carbocycles. The lowest BCUT2D eigenvalue weighted by Gasteiger charge is -2.40. The second-order valence-corrected chi connectivity index (χ2v) is 9.24. The summed E-state index contributed by atoms with van der Waals surface area (Å²) in [6.07, 6.45) is 7.63. The van der Waals surface area contributed by atoms with Crippen LogP contribution in [0.25, 0.3) is 0 Å². The van der Waals surface area contributed by atoms with Gasteiger partial charge in [-0.2, -0.15) is 0 Å². The first-order valence-corrected chi connectivity index (χ1v) is 12.1. The SMILES string of the molecule is O=C(NOCc1ccccc1)C(C(=O)NOCc1ccccc1)(C1CCCC1)C1CCCC1. The second-order valence-electron chi connectivity index (χ2n) is 9.24. The highest BCUT2D eigenvalue weighted by molar-refractivity contribution is 6.05. The molecule has 0 saturated heterocycles. The molecule has 6 heteroatoms. The molecule has 0 heterocycles. The van der Waals surface area contributed by atoms with Crippen molar-refractivity contribution >= 4 is 11.8 Å². The minimum Gasteiger partial charge on any atom is -0.272 e. The lowest BCUT2D eigenvalue weighted by atomic mass is 9.63. The van der Waals surface area contributed by atoms with Crippen molar-refractivity contribution in [3.05, 3.63) is 71.8 Å². The van der Waals surface area contributed by atoms with Crippen LogP contribution in [-0.2, 0) is 32.5 Å². The largest absolute Gasteiger partial charge is 0.272 e. The molecule has 2 aliphatic carbocycles. The average Bonchev–Trinajstić information content (AvgIpc) is 3.57. The Kier molecular flexibility index (Phi) is 8.13. The first-order valence-electron chi connectivity index (χ1n) is 12.1. The highest BCUT2D eigenvalue weighted by atomic mass is 16.7. The number of carbonyl (C=O) groups is 2. The summed E-state index contributed by atoms with van der Waals surface area (Å²) >= 11 is 0. The van der Waals surface area contributed by atoms with Gasteiger partial charge >= 0.3 is 0 Å². The van der Waals surface area contributed by atoms with E-state index in [0.29, 0.717) is 0 Å². The van der Waals surface area contributed by atoms with Crippen molar-refractivity contribution in [2.75, 3.05) is 0 Å². The Balaban J connectivity index is 1.50. The van der Waals surface area contributed by atoms with Gasteiger partial charge in [0.15, 0.2) is 0 Å². The van der Waals surface area contributed by atoms with Crippen molar-refractivity contribution in [3.8, 4) is 0 Å². The van der Waals surface area contributed by atoms with Crippen molar-refractivity contribution in [1.29, 1.82) is 0 Å². The zero-order valence-electron chi connectivity index (χ0n) is 19.1. The third kappa shape index (κ3) is 5.45. The summed E-state index contributed by atoms with van der Waals surface area (Å²) in [4.78, 5) is 38.7. The van der Waals surface area contributed by atoms with Crippen molar-refractivity contribution in [3.63, 3.8) is 0 Å². The summed E-state index contributed by atoms with van der Waals surface area (Å²) in [7, 11) is 0. The molecule has 0 unspecified atom stereocenters. The summed E-state index contributed by atoms with van der Waals surface area (Å²) in [5.41, 5.74) is 6.06. The monoisotopic (exact) mass is 450 g/mol. The standard InChI is InChI=1S/C27H34N2O4/c30-25(28-32-19-21-11-3-1-4-12-21)27(23-15-7-8-16-23,24-17-9-10-18-24)26(31)29-33-20-22-13-5-2-6-14-22/h1-6,11-14,23-24H,7-10,15-20H2,(H,28,30)(H,29,31). The van der Waals surface area contributed by atoms with E-state index in [1.54, 1.807) is 0 Å². The molecule has 2 amide bonds. The maximum atomic E-state index is 13.8. The van der Waals surface area contributed by atoms with Gasteiger partial charge in [-0.3, -0.25) is 19.3 Å². The summed E-state index contributed by atoms with van der Waals surface area (Å²) in [5.74, 6) is -0.696. The van der Waals surface area contributed by atoms with Crippen molar-refractivity contribution in [1.82, 2.24) is 11.0 Å². The van der Waals surface area contributed by atoms with Gasteiger partial charge < -0.3 is 0 Å². The Hall–Kier alpha value is -2.70. The lowest BCUT2D eigenvalue weighted by molar-refractivity contribution is -0.169. The van der Waals surface area contributed by atoms with E-state index in [4.69, 9.17) is 9.68 Å². The number of hydrogen-bond acceptors (Lipinski definition) is 4. The fraction of sp³-hybridized carbons (Fsp3) is 0.481. The van der Waals surface area contributed by atoms with Gasteiger partial charge in [-0.1, -0.05) is 86.3 Å². The predicted molar refractivity (Wildman–Crippen MR) is 125 cm³/mol. The van der Waals surface area contributed by atoms with Gasteiger partial charge in [-0.25, -0.2) is 11.0 Å². The zero-order valence-corrected chi connectivity index (χ0v) is 19.1. The fourth-order valence-corrected chi connectivity index (χ4v) is 5.63. The van der Waals surface area contributed by atoms with Gasteiger partial charge in [0, 0.05) is 0 Å². The Bertz CT molecular complexity index is 815. The Morgan fingerprint density at radius 3 is 1.39 bits per heavy atom. The quantitative estimate of drug-likeness (QED) is 0.401. The lowest BCUT2D eigenvalue weighted by Crippen LogP contribution is -2.58. The highest BCUT2D eigenvalue weighted by Crippen LogP contribution is 2.51. The second kappa shape index (κ2) is 11.4.